The van der Waals surface area contributed by atoms with Crippen LogP contribution >= 0.6 is 11.3 Å². The number of rotatable bonds is 2. The van der Waals surface area contributed by atoms with Crippen LogP contribution in [0.25, 0.3) is 11.3 Å². The van der Waals surface area contributed by atoms with Crippen LogP contribution in [0.2, 0.25) is 0 Å². The van der Waals surface area contributed by atoms with Crippen LogP contribution in [-0.4, -0.2) is 10.8 Å². The van der Waals surface area contributed by atoms with Crippen molar-refractivity contribution in [2.45, 2.75) is 6.92 Å². The summed E-state index contributed by atoms with van der Waals surface area (Å²) in [6.45, 7) is 1.51. The summed E-state index contributed by atoms with van der Waals surface area (Å²) in [5, 5.41) is 2.39. The molecule has 0 aliphatic rings. The fourth-order valence-corrected chi connectivity index (χ4v) is 1.71. The highest BCUT2D eigenvalue weighted by molar-refractivity contribution is 7.12. The minimum absolute atomic E-state index is 0.000236. The van der Waals surface area contributed by atoms with Gasteiger partial charge < -0.3 is 4.42 Å². The normalized spacial score (nSPS) is 10.2. The van der Waals surface area contributed by atoms with E-state index in [1.54, 1.807) is 12.5 Å². The average Bonchev–Trinajstić information content (AvgIpc) is 2.75. The number of hydrogen-bond acceptors (Lipinski definition) is 4. The first-order valence-corrected chi connectivity index (χ1v) is 4.64. The maximum absolute atomic E-state index is 11.0. The highest BCUT2D eigenvalue weighted by Gasteiger charge is 2.07. The fraction of sp³-hybridized carbons (Fsp3) is 0.111. The van der Waals surface area contributed by atoms with Gasteiger partial charge >= 0.3 is 0 Å². The molecular formula is C9H7NO2S. The number of carbonyl (C=O) groups excluding carboxylic acids is 1. The molecule has 0 aliphatic heterocycles. The summed E-state index contributed by atoms with van der Waals surface area (Å²) >= 11 is 1.35. The van der Waals surface area contributed by atoms with Gasteiger partial charge in [0.25, 0.3) is 0 Å². The van der Waals surface area contributed by atoms with Crippen molar-refractivity contribution in [1.82, 2.24) is 4.98 Å². The standard InChI is InChI=1S/C9H7NO2S/c1-6(11)9-10-8(5-13-9)7-2-3-12-4-7/h2-5H,1H3. The van der Waals surface area contributed by atoms with Gasteiger partial charge in [-0.1, -0.05) is 0 Å². The van der Waals surface area contributed by atoms with Crippen LogP contribution in [0.1, 0.15) is 16.7 Å². The van der Waals surface area contributed by atoms with Gasteiger partial charge in [0.1, 0.15) is 0 Å². The zero-order valence-corrected chi connectivity index (χ0v) is 7.80. The summed E-state index contributed by atoms with van der Waals surface area (Å²) in [5.41, 5.74) is 1.70. The van der Waals surface area contributed by atoms with Gasteiger partial charge in [0.15, 0.2) is 10.8 Å². The maximum Gasteiger partial charge on any atom is 0.188 e. The number of thiazole rings is 1. The highest BCUT2D eigenvalue weighted by Crippen LogP contribution is 2.22. The first-order valence-electron chi connectivity index (χ1n) is 3.76. The van der Waals surface area contributed by atoms with Crippen molar-refractivity contribution in [2.24, 2.45) is 0 Å². The van der Waals surface area contributed by atoms with Crippen LogP contribution in [0.5, 0.6) is 0 Å². The molecule has 2 heterocycles. The van der Waals surface area contributed by atoms with E-state index in [2.05, 4.69) is 4.98 Å². The largest absolute Gasteiger partial charge is 0.472 e. The van der Waals surface area contributed by atoms with E-state index >= 15 is 0 Å². The van der Waals surface area contributed by atoms with Crippen molar-refractivity contribution < 1.29 is 9.21 Å². The summed E-state index contributed by atoms with van der Waals surface area (Å²) in [6, 6.07) is 1.82. The monoisotopic (exact) mass is 193 g/mol. The predicted molar refractivity (Wildman–Crippen MR) is 49.8 cm³/mol. The van der Waals surface area contributed by atoms with E-state index in [4.69, 9.17) is 4.42 Å². The third kappa shape index (κ3) is 1.53. The number of furan rings is 1. The molecule has 2 rings (SSSR count). The summed E-state index contributed by atoms with van der Waals surface area (Å²) in [7, 11) is 0. The molecular weight excluding hydrogens is 186 g/mol. The molecule has 0 radical (unpaired) electrons. The highest BCUT2D eigenvalue weighted by atomic mass is 32.1. The Kier molecular flexibility index (Phi) is 1.98. The van der Waals surface area contributed by atoms with Crippen molar-refractivity contribution in [3.63, 3.8) is 0 Å². The molecule has 2 aromatic heterocycles. The van der Waals surface area contributed by atoms with Crippen molar-refractivity contribution in [3.8, 4) is 11.3 Å². The van der Waals surface area contributed by atoms with Crippen molar-refractivity contribution >= 4 is 17.1 Å². The lowest BCUT2D eigenvalue weighted by Crippen LogP contribution is -1.89. The molecule has 0 spiro atoms. The number of Topliss-reactive ketones (excluding diaryl/α,β-unsaturated/α-hetero) is 1. The topological polar surface area (TPSA) is 43.1 Å². The van der Waals surface area contributed by atoms with Crippen molar-refractivity contribution in [3.05, 3.63) is 29.0 Å². The van der Waals surface area contributed by atoms with Crippen molar-refractivity contribution in [2.75, 3.05) is 0 Å². The van der Waals surface area contributed by atoms with E-state index in [9.17, 15) is 4.79 Å². The quantitative estimate of drug-likeness (QED) is 0.688. The molecule has 66 valence electrons. The summed E-state index contributed by atoms with van der Waals surface area (Å²) in [5.74, 6) is -0.000236. The molecule has 0 unspecified atom stereocenters. The predicted octanol–water partition coefficient (Wildman–Crippen LogP) is 2.61. The Morgan fingerprint density at radius 1 is 1.62 bits per heavy atom. The minimum atomic E-state index is -0.000236. The number of aromatic nitrogens is 1. The van der Waals surface area contributed by atoms with E-state index in [1.807, 2.05) is 11.4 Å². The first kappa shape index (κ1) is 8.19. The number of carbonyl (C=O) groups is 1. The molecule has 4 heteroatoms. The maximum atomic E-state index is 11.0. The zero-order valence-electron chi connectivity index (χ0n) is 6.98. The number of nitrogens with zero attached hydrogens (tertiary/aromatic N) is 1. The Bertz CT molecular complexity index is 417. The second kappa shape index (κ2) is 3.14. The average molecular weight is 193 g/mol. The third-order valence-electron chi connectivity index (χ3n) is 1.62. The molecule has 0 bridgehead atoms. The van der Waals surface area contributed by atoms with E-state index in [0.29, 0.717) is 5.01 Å². The van der Waals surface area contributed by atoms with Crippen LogP contribution in [0, 0.1) is 0 Å². The number of hydrogen-bond donors (Lipinski definition) is 0. The van der Waals surface area contributed by atoms with Gasteiger partial charge in [-0.3, -0.25) is 4.79 Å². The summed E-state index contributed by atoms with van der Waals surface area (Å²) in [6.07, 6.45) is 3.20. The van der Waals surface area contributed by atoms with Gasteiger partial charge in [0.05, 0.1) is 18.2 Å². The lowest BCUT2D eigenvalue weighted by molar-refractivity contribution is 0.101. The van der Waals surface area contributed by atoms with Gasteiger partial charge in [-0.2, -0.15) is 0 Å². The smallest absolute Gasteiger partial charge is 0.188 e. The fourth-order valence-electron chi connectivity index (χ4n) is 0.978. The van der Waals surface area contributed by atoms with E-state index < -0.39 is 0 Å². The number of ketones is 1. The van der Waals surface area contributed by atoms with Gasteiger partial charge in [-0.05, 0) is 6.07 Å². The molecule has 0 atom stereocenters. The Morgan fingerprint density at radius 2 is 2.46 bits per heavy atom. The van der Waals surface area contributed by atoms with E-state index in [1.165, 1.54) is 18.3 Å². The summed E-state index contributed by atoms with van der Waals surface area (Å²) in [4.78, 5) is 15.1. The van der Waals surface area contributed by atoms with Gasteiger partial charge in [-0.15, -0.1) is 11.3 Å². The van der Waals surface area contributed by atoms with Crippen LogP contribution < -0.4 is 0 Å². The second-order valence-corrected chi connectivity index (χ2v) is 3.46. The molecule has 0 aromatic carbocycles. The van der Waals surface area contributed by atoms with E-state index in [0.717, 1.165) is 11.3 Å². The SMILES string of the molecule is CC(=O)c1nc(-c2ccoc2)cs1. The Labute approximate surface area is 79.0 Å². The van der Waals surface area contributed by atoms with Crippen LogP contribution in [0.15, 0.2) is 28.4 Å². The molecule has 2 aromatic rings. The lowest BCUT2D eigenvalue weighted by atomic mass is 10.3. The molecule has 0 aliphatic carbocycles. The molecule has 13 heavy (non-hydrogen) atoms. The lowest BCUT2D eigenvalue weighted by Gasteiger charge is -1.85. The van der Waals surface area contributed by atoms with E-state index in [-0.39, 0.29) is 5.78 Å². The minimum Gasteiger partial charge on any atom is -0.472 e. The Balaban J connectivity index is 2.39. The van der Waals surface area contributed by atoms with Gasteiger partial charge in [0, 0.05) is 17.9 Å². The van der Waals surface area contributed by atoms with Gasteiger partial charge in [0.2, 0.25) is 0 Å². The third-order valence-corrected chi connectivity index (χ3v) is 2.57. The molecule has 3 nitrogen and oxygen atoms in total. The van der Waals surface area contributed by atoms with Crippen molar-refractivity contribution in [1.29, 1.82) is 0 Å². The van der Waals surface area contributed by atoms with Crippen LogP contribution in [-0.2, 0) is 0 Å². The summed E-state index contributed by atoms with van der Waals surface area (Å²) < 4.78 is 4.92. The molecule has 0 amide bonds. The molecule has 0 saturated heterocycles. The molecule has 0 saturated carbocycles. The van der Waals surface area contributed by atoms with Gasteiger partial charge in [-0.25, -0.2) is 4.98 Å². The van der Waals surface area contributed by atoms with Crippen LogP contribution in [0.4, 0.5) is 0 Å². The molecule has 0 fully saturated rings. The first-order chi connectivity index (χ1) is 6.27. The Hall–Kier alpha value is -1.42. The zero-order chi connectivity index (χ0) is 9.26. The Morgan fingerprint density at radius 3 is 3.00 bits per heavy atom. The molecule has 0 N–H and O–H groups in total. The second-order valence-electron chi connectivity index (χ2n) is 2.61. The van der Waals surface area contributed by atoms with Crippen LogP contribution in [0.3, 0.4) is 0 Å².